The van der Waals surface area contributed by atoms with Crippen LogP contribution in [-0.4, -0.2) is 43.4 Å². The van der Waals surface area contributed by atoms with Crippen molar-refractivity contribution in [2.75, 3.05) is 0 Å². The second-order valence-electron chi connectivity index (χ2n) is 4.49. The fourth-order valence-electron chi connectivity index (χ4n) is 0.919. The van der Waals surface area contributed by atoms with E-state index < -0.39 is 13.8 Å². The first-order valence-electron chi connectivity index (χ1n) is 3.57. The van der Waals surface area contributed by atoms with Crippen molar-refractivity contribution in [3.05, 3.63) is 0 Å². The SMILES string of the molecule is CC(C)(C)[Se](=O)C(C)(C)C.[Na]. The van der Waals surface area contributed by atoms with E-state index in [4.69, 9.17) is 0 Å². The molecule has 0 N–H and O–H groups in total. The topological polar surface area (TPSA) is 17.1 Å². The molecule has 0 atom stereocenters. The van der Waals surface area contributed by atoms with E-state index in [1.807, 2.05) is 0 Å². The van der Waals surface area contributed by atoms with Gasteiger partial charge in [0.2, 0.25) is 0 Å². The molecule has 0 bridgehead atoms. The summed E-state index contributed by atoms with van der Waals surface area (Å²) in [5.74, 6) is 0. The summed E-state index contributed by atoms with van der Waals surface area (Å²) >= 11 is -1.69. The predicted molar refractivity (Wildman–Crippen MR) is 51.6 cm³/mol. The van der Waals surface area contributed by atoms with Crippen LogP contribution in [0.4, 0.5) is 0 Å². The molecule has 0 unspecified atom stereocenters. The van der Waals surface area contributed by atoms with Crippen LogP contribution in [0, 0.1) is 0 Å². The summed E-state index contributed by atoms with van der Waals surface area (Å²) < 4.78 is 11.7. The van der Waals surface area contributed by atoms with Crippen molar-refractivity contribution in [3.8, 4) is 0 Å². The van der Waals surface area contributed by atoms with E-state index in [1.165, 1.54) is 0 Å². The fraction of sp³-hybridized carbons (Fsp3) is 1.00. The fourth-order valence-corrected chi connectivity index (χ4v) is 4.77. The average Bonchev–Trinajstić information content (AvgIpc) is 1.59. The summed E-state index contributed by atoms with van der Waals surface area (Å²) in [6.45, 7) is 12.3. The van der Waals surface area contributed by atoms with Crippen molar-refractivity contribution < 1.29 is 3.83 Å². The summed E-state index contributed by atoms with van der Waals surface area (Å²) in [6.07, 6.45) is 0. The molecular formula is C8H18NaOSe. The molecule has 0 heterocycles. The van der Waals surface area contributed by atoms with Crippen molar-refractivity contribution in [3.63, 3.8) is 0 Å². The van der Waals surface area contributed by atoms with Crippen LogP contribution in [0.25, 0.3) is 0 Å². The van der Waals surface area contributed by atoms with Crippen molar-refractivity contribution in [1.29, 1.82) is 0 Å². The summed E-state index contributed by atoms with van der Waals surface area (Å²) in [4.78, 5) is 0. The molecule has 3 heteroatoms. The summed E-state index contributed by atoms with van der Waals surface area (Å²) in [6, 6.07) is 0. The minimum atomic E-state index is -1.69. The van der Waals surface area contributed by atoms with Gasteiger partial charge in [-0.3, -0.25) is 0 Å². The normalized spacial score (nSPS) is 13.0. The molecular weight excluding hydrogens is 214 g/mol. The Hall–Kier alpha value is 1.32. The number of hydrogen-bond acceptors (Lipinski definition) is 1. The van der Waals surface area contributed by atoms with E-state index in [-0.39, 0.29) is 38.2 Å². The van der Waals surface area contributed by atoms with Crippen LogP contribution in [0.3, 0.4) is 0 Å². The van der Waals surface area contributed by atoms with Gasteiger partial charge in [-0.2, -0.15) is 0 Å². The van der Waals surface area contributed by atoms with Gasteiger partial charge >= 0.3 is 67.8 Å². The Morgan fingerprint density at radius 3 is 1.00 bits per heavy atom. The Kier molecular flexibility index (Phi) is 6.10. The summed E-state index contributed by atoms with van der Waals surface area (Å²) in [7, 11) is 0. The minimum Gasteiger partial charge on any atom is 0 e. The Balaban J connectivity index is 0. The standard InChI is InChI=1S/C8H18OSe.Na/c1-7(2,3)10(9)8(4,5)6;/h1-6H3;. The molecule has 0 amide bonds. The molecule has 0 aromatic carbocycles. The maximum Gasteiger partial charge on any atom is 0 e. The van der Waals surface area contributed by atoms with Crippen LogP contribution in [0.2, 0.25) is 8.63 Å². The van der Waals surface area contributed by atoms with Crippen LogP contribution >= 0.6 is 0 Å². The molecule has 0 saturated carbocycles. The molecule has 0 saturated heterocycles. The third-order valence-corrected chi connectivity index (χ3v) is 5.78. The van der Waals surface area contributed by atoms with E-state index in [1.54, 1.807) is 0 Å². The smallest absolute Gasteiger partial charge is 0 e. The molecule has 0 aromatic heterocycles. The number of hydrogen-bond donors (Lipinski definition) is 0. The Morgan fingerprint density at radius 2 is 1.00 bits per heavy atom. The van der Waals surface area contributed by atoms with Crippen LogP contribution in [0.5, 0.6) is 0 Å². The van der Waals surface area contributed by atoms with Gasteiger partial charge in [0.1, 0.15) is 0 Å². The number of rotatable bonds is 0. The first-order chi connectivity index (χ1) is 4.15. The molecule has 0 aliphatic carbocycles. The van der Waals surface area contributed by atoms with E-state index in [0.29, 0.717) is 0 Å². The Labute approximate surface area is 96.7 Å². The Bertz CT molecular complexity index is 125. The summed E-state index contributed by atoms with van der Waals surface area (Å²) in [5, 5.41) is 0. The van der Waals surface area contributed by atoms with Crippen molar-refractivity contribution >= 4 is 43.4 Å². The first-order valence-corrected chi connectivity index (χ1v) is 5.99. The van der Waals surface area contributed by atoms with Gasteiger partial charge in [-0.05, 0) is 0 Å². The maximum absolute atomic E-state index is 11.7. The molecule has 0 aliphatic heterocycles. The van der Waals surface area contributed by atoms with Gasteiger partial charge in [0.25, 0.3) is 0 Å². The first kappa shape index (κ1) is 14.8. The second-order valence-corrected chi connectivity index (χ2v) is 10.8. The summed E-state index contributed by atoms with van der Waals surface area (Å²) in [5.41, 5.74) is 0. The molecule has 0 aromatic rings. The maximum atomic E-state index is 11.7. The molecule has 0 rings (SSSR count). The van der Waals surface area contributed by atoms with Gasteiger partial charge in [0.15, 0.2) is 0 Å². The van der Waals surface area contributed by atoms with Gasteiger partial charge in [-0.15, -0.1) is 0 Å². The van der Waals surface area contributed by atoms with Gasteiger partial charge in [0, 0.05) is 29.6 Å². The van der Waals surface area contributed by atoms with Crippen LogP contribution in [-0.2, 0) is 3.83 Å². The quantitative estimate of drug-likeness (QED) is 0.587. The van der Waals surface area contributed by atoms with Crippen LogP contribution in [0.1, 0.15) is 41.5 Å². The molecule has 0 spiro atoms. The molecule has 1 nitrogen and oxygen atoms in total. The van der Waals surface area contributed by atoms with Gasteiger partial charge < -0.3 is 0 Å². The molecule has 0 aliphatic rings. The minimum absolute atomic E-state index is 0. The zero-order valence-electron chi connectivity index (χ0n) is 8.82. The monoisotopic (exact) mass is 233 g/mol. The molecule has 1 radical (unpaired) electrons. The van der Waals surface area contributed by atoms with Crippen molar-refractivity contribution in [1.82, 2.24) is 0 Å². The molecule has 0 fully saturated rings. The zero-order chi connectivity index (χ0) is 8.58. The van der Waals surface area contributed by atoms with E-state index in [9.17, 15) is 3.83 Å². The van der Waals surface area contributed by atoms with Crippen molar-refractivity contribution in [2.24, 2.45) is 0 Å². The third kappa shape index (κ3) is 5.54. The average molecular weight is 232 g/mol. The second kappa shape index (κ2) is 4.53. The van der Waals surface area contributed by atoms with E-state index >= 15 is 0 Å². The van der Waals surface area contributed by atoms with Gasteiger partial charge in [-0.1, -0.05) is 0 Å². The van der Waals surface area contributed by atoms with Gasteiger partial charge in [-0.25, -0.2) is 0 Å². The predicted octanol–water partition coefficient (Wildman–Crippen LogP) is 2.63. The zero-order valence-corrected chi connectivity index (χ0v) is 12.5. The van der Waals surface area contributed by atoms with Crippen molar-refractivity contribution in [2.45, 2.75) is 50.2 Å². The molecule has 63 valence electrons. The van der Waals surface area contributed by atoms with E-state index in [2.05, 4.69) is 41.5 Å². The van der Waals surface area contributed by atoms with Gasteiger partial charge in [0.05, 0.1) is 0 Å². The Morgan fingerprint density at radius 1 is 0.818 bits per heavy atom. The van der Waals surface area contributed by atoms with Crippen LogP contribution in [0.15, 0.2) is 0 Å². The van der Waals surface area contributed by atoms with E-state index in [0.717, 1.165) is 0 Å². The van der Waals surface area contributed by atoms with Crippen LogP contribution < -0.4 is 0 Å². The third-order valence-electron chi connectivity index (χ3n) is 1.11. The largest absolute Gasteiger partial charge is 0 e. The molecule has 11 heavy (non-hydrogen) atoms.